The Labute approximate surface area is 170 Å². The largest absolute Gasteiger partial charge is 0.457 e. The first-order chi connectivity index (χ1) is 14.2. The lowest BCUT2D eigenvalue weighted by atomic mass is 10.1. The van der Waals surface area contributed by atoms with Crippen LogP contribution in [0.15, 0.2) is 91.5 Å². The molecule has 146 valence electrons. The van der Waals surface area contributed by atoms with Crippen molar-refractivity contribution in [3.8, 4) is 11.5 Å². The van der Waals surface area contributed by atoms with Crippen LogP contribution in [0.4, 0.5) is 0 Å². The molecule has 3 rings (SSSR count). The average Bonchev–Trinajstić information content (AvgIpc) is 2.77. The van der Waals surface area contributed by atoms with Crippen LogP contribution < -0.4 is 15.4 Å². The van der Waals surface area contributed by atoms with E-state index in [1.54, 1.807) is 12.1 Å². The molecule has 0 aliphatic carbocycles. The number of para-hydroxylation sites is 1. The molecule has 0 radical (unpaired) electrons. The number of benzene rings is 3. The van der Waals surface area contributed by atoms with Crippen LogP contribution in [0.1, 0.15) is 21.5 Å². The van der Waals surface area contributed by atoms with E-state index in [1.807, 2.05) is 66.7 Å². The van der Waals surface area contributed by atoms with E-state index >= 15 is 0 Å². The van der Waals surface area contributed by atoms with E-state index in [1.165, 1.54) is 6.08 Å². The van der Waals surface area contributed by atoms with Crippen molar-refractivity contribution in [2.24, 2.45) is 0 Å². The zero-order valence-electron chi connectivity index (χ0n) is 15.9. The summed E-state index contributed by atoms with van der Waals surface area (Å²) in [5.41, 5.74) is 2.23. The molecule has 3 aromatic rings. The van der Waals surface area contributed by atoms with Crippen molar-refractivity contribution in [3.05, 3.63) is 108 Å². The highest BCUT2D eigenvalue weighted by Crippen LogP contribution is 2.21. The zero-order chi connectivity index (χ0) is 20.5. The second kappa shape index (κ2) is 9.90. The van der Waals surface area contributed by atoms with E-state index in [-0.39, 0.29) is 18.4 Å². The summed E-state index contributed by atoms with van der Waals surface area (Å²) < 4.78 is 5.77. The van der Waals surface area contributed by atoms with Crippen molar-refractivity contribution in [1.82, 2.24) is 10.6 Å². The molecule has 0 fully saturated rings. The Morgan fingerprint density at radius 3 is 2.17 bits per heavy atom. The predicted molar refractivity (Wildman–Crippen MR) is 113 cm³/mol. The number of amides is 2. The van der Waals surface area contributed by atoms with E-state index in [9.17, 15) is 9.59 Å². The number of hydrogen-bond acceptors (Lipinski definition) is 3. The van der Waals surface area contributed by atoms with Crippen LogP contribution in [0, 0.1) is 0 Å². The van der Waals surface area contributed by atoms with E-state index in [0.717, 1.165) is 22.6 Å². The molecule has 5 nitrogen and oxygen atoms in total. The molecule has 0 spiro atoms. The smallest absolute Gasteiger partial charge is 0.251 e. The summed E-state index contributed by atoms with van der Waals surface area (Å²) in [6.07, 6.45) is 1.20. The first-order valence-corrected chi connectivity index (χ1v) is 9.24. The van der Waals surface area contributed by atoms with Gasteiger partial charge in [0, 0.05) is 18.7 Å². The summed E-state index contributed by atoms with van der Waals surface area (Å²) in [6, 6.07) is 24.3. The molecule has 0 bridgehead atoms. The van der Waals surface area contributed by atoms with Crippen LogP contribution in [0.3, 0.4) is 0 Å². The van der Waals surface area contributed by atoms with Gasteiger partial charge in [0.2, 0.25) is 5.91 Å². The quantitative estimate of drug-likeness (QED) is 0.570. The minimum Gasteiger partial charge on any atom is -0.457 e. The van der Waals surface area contributed by atoms with Crippen molar-refractivity contribution >= 4 is 11.8 Å². The van der Waals surface area contributed by atoms with Crippen molar-refractivity contribution < 1.29 is 14.3 Å². The molecular formula is C24H22N2O3. The third kappa shape index (κ3) is 5.81. The lowest BCUT2D eigenvalue weighted by molar-refractivity contribution is -0.116. The van der Waals surface area contributed by atoms with E-state index in [2.05, 4.69) is 17.2 Å². The summed E-state index contributed by atoms with van der Waals surface area (Å²) in [5, 5.41) is 5.61. The fourth-order valence-corrected chi connectivity index (χ4v) is 2.73. The Balaban J connectivity index is 1.58. The first kappa shape index (κ1) is 19.9. The van der Waals surface area contributed by atoms with Crippen LogP contribution in [0.25, 0.3) is 0 Å². The molecule has 0 unspecified atom stereocenters. The van der Waals surface area contributed by atoms with Crippen molar-refractivity contribution in [2.45, 2.75) is 13.1 Å². The highest BCUT2D eigenvalue weighted by Gasteiger charge is 2.11. The van der Waals surface area contributed by atoms with Gasteiger partial charge in [-0.15, -0.1) is 0 Å². The summed E-state index contributed by atoms with van der Waals surface area (Å²) in [7, 11) is 0. The van der Waals surface area contributed by atoms with Gasteiger partial charge in [0.1, 0.15) is 11.5 Å². The molecule has 0 aliphatic rings. The van der Waals surface area contributed by atoms with Gasteiger partial charge in [0.15, 0.2) is 0 Å². The number of rotatable bonds is 8. The molecule has 29 heavy (non-hydrogen) atoms. The van der Waals surface area contributed by atoms with Crippen molar-refractivity contribution in [1.29, 1.82) is 0 Å². The van der Waals surface area contributed by atoms with Crippen LogP contribution in [-0.2, 0) is 17.9 Å². The summed E-state index contributed by atoms with van der Waals surface area (Å²) >= 11 is 0. The van der Waals surface area contributed by atoms with E-state index < -0.39 is 0 Å². The summed E-state index contributed by atoms with van der Waals surface area (Å²) in [6.45, 7) is 4.07. The third-order valence-corrected chi connectivity index (χ3v) is 4.26. The monoisotopic (exact) mass is 386 g/mol. The van der Waals surface area contributed by atoms with Gasteiger partial charge < -0.3 is 15.4 Å². The maximum Gasteiger partial charge on any atom is 0.251 e. The SMILES string of the molecule is C=CC(=O)NCc1ccccc1C(=O)NCc1ccc(Oc2ccccc2)cc1. The Morgan fingerprint density at radius 1 is 0.793 bits per heavy atom. The molecule has 0 saturated carbocycles. The standard InChI is InChI=1S/C24H22N2O3/c1-2-23(27)25-17-19-8-6-7-11-22(19)24(28)26-16-18-12-14-21(15-13-18)29-20-9-4-3-5-10-20/h2-15H,1,16-17H2,(H,25,27)(H,26,28). The Bertz CT molecular complexity index is 983. The maximum absolute atomic E-state index is 12.6. The molecule has 0 heterocycles. The number of ether oxygens (including phenoxy) is 1. The second-order valence-electron chi connectivity index (χ2n) is 6.32. The van der Waals surface area contributed by atoms with E-state index in [4.69, 9.17) is 4.74 Å². The fraction of sp³-hybridized carbons (Fsp3) is 0.0833. The Morgan fingerprint density at radius 2 is 1.45 bits per heavy atom. The minimum atomic E-state index is -0.280. The molecule has 0 aromatic heterocycles. The third-order valence-electron chi connectivity index (χ3n) is 4.26. The number of hydrogen-bond donors (Lipinski definition) is 2. The molecule has 0 saturated heterocycles. The first-order valence-electron chi connectivity index (χ1n) is 9.24. The minimum absolute atomic E-state index is 0.196. The molecule has 0 aliphatic heterocycles. The van der Waals surface area contributed by atoms with Gasteiger partial charge in [-0.25, -0.2) is 0 Å². The number of carbonyl (C=O) groups excluding carboxylic acids is 2. The molecule has 0 atom stereocenters. The van der Waals surface area contributed by atoms with Crippen molar-refractivity contribution in [3.63, 3.8) is 0 Å². The Kier molecular flexibility index (Phi) is 6.79. The predicted octanol–water partition coefficient (Wildman–Crippen LogP) is 4.21. The molecule has 2 N–H and O–H groups in total. The van der Waals surface area contributed by atoms with Gasteiger partial charge in [-0.05, 0) is 47.5 Å². The van der Waals surface area contributed by atoms with Gasteiger partial charge in [-0.1, -0.05) is 55.1 Å². The van der Waals surface area contributed by atoms with Crippen molar-refractivity contribution in [2.75, 3.05) is 0 Å². The van der Waals surface area contributed by atoms with Gasteiger partial charge >= 0.3 is 0 Å². The van der Waals surface area contributed by atoms with Crippen LogP contribution >= 0.6 is 0 Å². The maximum atomic E-state index is 12.6. The molecular weight excluding hydrogens is 364 g/mol. The van der Waals surface area contributed by atoms with Crippen LogP contribution in [0.5, 0.6) is 11.5 Å². The van der Waals surface area contributed by atoms with Crippen LogP contribution in [-0.4, -0.2) is 11.8 Å². The molecule has 5 heteroatoms. The van der Waals surface area contributed by atoms with Gasteiger partial charge in [-0.3, -0.25) is 9.59 Å². The second-order valence-corrected chi connectivity index (χ2v) is 6.32. The topological polar surface area (TPSA) is 67.4 Å². The zero-order valence-corrected chi connectivity index (χ0v) is 15.9. The summed E-state index contributed by atoms with van der Waals surface area (Å²) in [4.78, 5) is 24.0. The summed E-state index contributed by atoms with van der Waals surface area (Å²) in [5.74, 6) is 1.03. The fourth-order valence-electron chi connectivity index (χ4n) is 2.73. The lowest BCUT2D eigenvalue weighted by Gasteiger charge is -2.11. The molecule has 2 amide bonds. The highest BCUT2D eigenvalue weighted by atomic mass is 16.5. The number of nitrogens with one attached hydrogen (secondary N) is 2. The average molecular weight is 386 g/mol. The normalized spacial score (nSPS) is 10.1. The lowest BCUT2D eigenvalue weighted by Crippen LogP contribution is -2.26. The van der Waals surface area contributed by atoms with Gasteiger partial charge in [0.25, 0.3) is 5.91 Å². The van der Waals surface area contributed by atoms with Crippen LogP contribution in [0.2, 0.25) is 0 Å². The number of carbonyl (C=O) groups is 2. The molecule has 3 aromatic carbocycles. The van der Waals surface area contributed by atoms with Gasteiger partial charge in [0.05, 0.1) is 0 Å². The Hall–Kier alpha value is -3.86. The highest BCUT2D eigenvalue weighted by molar-refractivity contribution is 5.96. The van der Waals surface area contributed by atoms with Gasteiger partial charge in [-0.2, -0.15) is 0 Å². The van der Waals surface area contributed by atoms with E-state index in [0.29, 0.717) is 12.1 Å².